The maximum Gasteiger partial charge on any atom is 0.193 e. The van der Waals surface area contributed by atoms with Gasteiger partial charge in [-0.05, 0) is 43.0 Å². The van der Waals surface area contributed by atoms with Crippen LogP contribution in [0.25, 0.3) is 6.08 Å². The van der Waals surface area contributed by atoms with E-state index in [0.717, 1.165) is 63.9 Å². The van der Waals surface area contributed by atoms with Crippen molar-refractivity contribution < 1.29 is 4.74 Å². The fraction of sp³-hybridized carbons (Fsp3) is 0.440. The lowest BCUT2D eigenvalue weighted by molar-refractivity contribution is 0.0529. The van der Waals surface area contributed by atoms with E-state index in [2.05, 4.69) is 80.6 Å². The summed E-state index contributed by atoms with van der Waals surface area (Å²) in [6.45, 7) is 7.37. The molecule has 6 nitrogen and oxygen atoms in total. The summed E-state index contributed by atoms with van der Waals surface area (Å²) in [7, 11) is 1.87. The maximum absolute atomic E-state index is 5.65. The van der Waals surface area contributed by atoms with E-state index < -0.39 is 0 Å². The number of anilines is 1. The molecule has 0 aliphatic carbocycles. The Kier molecular flexibility index (Phi) is 7.20. The smallest absolute Gasteiger partial charge is 0.193 e. The molecule has 0 bridgehead atoms. The van der Waals surface area contributed by atoms with Gasteiger partial charge in [-0.15, -0.1) is 0 Å². The number of likely N-dealkylation sites (tertiary alicyclic amines) is 1. The molecule has 0 spiro atoms. The maximum atomic E-state index is 5.65. The van der Waals surface area contributed by atoms with E-state index in [0.29, 0.717) is 0 Å². The summed E-state index contributed by atoms with van der Waals surface area (Å²) in [6, 6.07) is 14.8. The molecule has 1 aromatic heterocycles. The molecule has 4 rings (SSSR count). The lowest BCUT2D eigenvalue weighted by Gasteiger charge is -2.32. The number of guanidine groups is 1. The summed E-state index contributed by atoms with van der Waals surface area (Å²) in [5.74, 6) is 2.00. The Morgan fingerprint density at radius 1 is 1.19 bits per heavy atom. The highest BCUT2D eigenvalue weighted by Gasteiger charge is 2.19. The molecule has 3 heterocycles. The fourth-order valence-electron chi connectivity index (χ4n) is 4.22. The Morgan fingerprint density at radius 3 is 2.74 bits per heavy atom. The molecule has 2 aromatic rings. The largest absolute Gasteiger partial charge is 0.375 e. The lowest BCUT2D eigenvalue weighted by Crippen LogP contribution is -2.44. The standard InChI is InChI=1S/C25H33N5O/c1-20-19-30(14-15-31-20)24-17-23(8-11-27-24)18-28-25(26-2)29-12-9-22(10-13-29)16-21-6-4-3-5-7-21/h3-8,11,16-17,20H,9-10,12-15,18-19H2,1-2H3,(H,26,28). The van der Waals surface area contributed by atoms with Crippen LogP contribution >= 0.6 is 0 Å². The van der Waals surface area contributed by atoms with Crippen molar-refractivity contribution in [1.82, 2.24) is 15.2 Å². The van der Waals surface area contributed by atoms with Crippen LogP contribution in [0.5, 0.6) is 0 Å². The first-order valence-corrected chi connectivity index (χ1v) is 11.2. The lowest BCUT2D eigenvalue weighted by atomic mass is 10.0. The van der Waals surface area contributed by atoms with Crippen molar-refractivity contribution in [3.63, 3.8) is 0 Å². The van der Waals surface area contributed by atoms with Crippen molar-refractivity contribution in [1.29, 1.82) is 0 Å². The number of ether oxygens (including phenoxy) is 1. The van der Waals surface area contributed by atoms with Crippen molar-refractivity contribution in [3.05, 3.63) is 65.4 Å². The number of aliphatic imine (C=N–C) groups is 1. The first kappa shape index (κ1) is 21.4. The van der Waals surface area contributed by atoms with E-state index in [1.807, 2.05) is 13.2 Å². The summed E-state index contributed by atoms with van der Waals surface area (Å²) >= 11 is 0. The molecule has 1 N–H and O–H groups in total. The summed E-state index contributed by atoms with van der Waals surface area (Å²) in [5.41, 5.74) is 4.01. The molecule has 2 aliphatic rings. The van der Waals surface area contributed by atoms with Crippen LogP contribution in [-0.2, 0) is 11.3 Å². The van der Waals surface area contributed by atoms with Crippen LogP contribution in [-0.4, -0.2) is 61.8 Å². The zero-order valence-corrected chi connectivity index (χ0v) is 18.6. The minimum Gasteiger partial charge on any atom is -0.375 e. The second-order valence-electron chi connectivity index (χ2n) is 8.25. The van der Waals surface area contributed by atoms with Crippen LogP contribution in [0.4, 0.5) is 5.82 Å². The number of hydrogen-bond donors (Lipinski definition) is 1. The normalized spacial score (nSPS) is 20.0. The number of piperidine rings is 1. The third kappa shape index (κ3) is 5.85. The molecule has 2 saturated heterocycles. The Hall–Kier alpha value is -2.86. The Labute approximate surface area is 185 Å². The van der Waals surface area contributed by atoms with Gasteiger partial charge in [0.15, 0.2) is 5.96 Å². The Morgan fingerprint density at radius 2 is 2.00 bits per heavy atom. The van der Waals surface area contributed by atoms with Crippen molar-refractivity contribution in [2.24, 2.45) is 4.99 Å². The van der Waals surface area contributed by atoms with E-state index in [-0.39, 0.29) is 6.10 Å². The molecule has 1 atom stereocenters. The minimum absolute atomic E-state index is 0.246. The van der Waals surface area contributed by atoms with Crippen LogP contribution < -0.4 is 10.2 Å². The summed E-state index contributed by atoms with van der Waals surface area (Å²) in [5, 5.41) is 3.54. The van der Waals surface area contributed by atoms with Gasteiger partial charge in [0.1, 0.15) is 5.82 Å². The Bertz CT molecular complexity index is 901. The van der Waals surface area contributed by atoms with Gasteiger partial charge < -0.3 is 19.9 Å². The highest BCUT2D eigenvalue weighted by atomic mass is 16.5. The first-order valence-electron chi connectivity index (χ1n) is 11.2. The van der Waals surface area contributed by atoms with Gasteiger partial charge in [-0.3, -0.25) is 4.99 Å². The summed E-state index contributed by atoms with van der Waals surface area (Å²) < 4.78 is 5.65. The average molecular weight is 420 g/mol. The zero-order valence-electron chi connectivity index (χ0n) is 18.6. The predicted octanol–water partition coefficient (Wildman–Crippen LogP) is 3.56. The molecule has 1 aromatic carbocycles. The number of morpholine rings is 1. The molecule has 164 valence electrons. The van der Waals surface area contributed by atoms with E-state index in [4.69, 9.17) is 4.74 Å². The SMILES string of the molecule is CN=C(NCc1ccnc(N2CCOC(C)C2)c1)N1CCC(=Cc2ccccc2)CC1. The third-order valence-electron chi connectivity index (χ3n) is 5.91. The molecular weight excluding hydrogens is 386 g/mol. The number of nitrogens with one attached hydrogen (secondary N) is 1. The fourth-order valence-corrected chi connectivity index (χ4v) is 4.22. The van der Waals surface area contributed by atoms with Crippen LogP contribution in [0.15, 0.2) is 59.2 Å². The monoisotopic (exact) mass is 419 g/mol. The van der Waals surface area contributed by atoms with Crippen molar-refractivity contribution in [2.45, 2.75) is 32.4 Å². The van der Waals surface area contributed by atoms with Gasteiger partial charge in [-0.25, -0.2) is 4.98 Å². The van der Waals surface area contributed by atoms with Gasteiger partial charge in [0.05, 0.1) is 12.7 Å². The molecule has 0 amide bonds. The molecule has 6 heteroatoms. The number of hydrogen-bond acceptors (Lipinski definition) is 4. The highest BCUT2D eigenvalue weighted by molar-refractivity contribution is 5.80. The molecular formula is C25H33N5O. The van der Waals surface area contributed by atoms with Gasteiger partial charge >= 0.3 is 0 Å². The third-order valence-corrected chi connectivity index (χ3v) is 5.91. The molecule has 0 radical (unpaired) electrons. The summed E-state index contributed by atoms with van der Waals surface area (Å²) in [6.07, 6.45) is 6.63. The van der Waals surface area contributed by atoms with Crippen LogP contribution in [0.3, 0.4) is 0 Å². The van der Waals surface area contributed by atoms with E-state index in [1.54, 1.807) is 0 Å². The van der Waals surface area contributed by atoms with E-state index in [1.165, 1.54) is 16.7 Å². The number of nitrogens with zero attached hydrogens (tertiary/aromatic N) is 4. The van der Waals surface area contributed by atoms with Crippen molar-refractivity contribution in [2.75, 3.05) is 44.7 Å². The van der Waals surface area contributed by atoms with Crippen molar-refractivity contribution >= 4 is 17.9 Å². The highest BCUT2D eigenvalue weighted by Crippen LogP contribution is 2.20. The zero-order chi connectivity index (χ0) is 21.5. The van der Waals surface area contributed by atoms with Crippen LogP contribution in [0.1, 0.15) is 30.9 Å². The van der Waals surface area contributed by atoms with Crippen molar-refractivity contribution in [3.8, 4) is 0 Å². The second-order valence-corrected chi connectivity index (χ2v) is 8.25. The van der Waals surface area contributed by atoms with Crippen LogP contribution in [0.2, 0.25) is 0 Å². The van der Waals surface area contributed by atoms with Gasteiger partial charge in [-0.2, -0.15) is 0 Å². The molecule has 2 fully saturated rings. The van der Waals surface area contributed by atoms with Crippen LogP contribution in [0, 0.1) is 0 Å². The minimum atomic E-state index is 0.246. The van der Waals surface area contributed by atoms with E-state index in [9.17, 15) is 0 Å². The van der Waals surface area contributed by atoms with E-state index >= 15 is 0 Å². The number of aromatic nitrogens is 1. The topological polar surface area (TPSA) is 53.0 Å². The van der Waals surface area contributed by atoms with Gasteiger partial charge in [0, 0.05) is 46.0 Å². The number of pyridine rings is 1. The van der Waals surface area contributed by atoms with Gasteiger partial charge in [0.25, 0.3) is 0 Å². The second kappa shape index (κ2) is 10.4. The molecule has 31 heavy (non-hydrogen) atoms. The van der Waals surface area contributed by atoms with Gasteiger partial charge in [0.2, 0.25) is 0 Å². The van der Waals surface area contributed by atoms with Gasteiger partial charge in [-0.1, -0.05) is 42.0 Å². The molecule has 0 saturated carbocycles. The molecule has 2 aliphatic heterocycles. The average Bonchev–Trinajstić information content (AvgIpc) is 2.81. The first-order chi connectivity index (χ1) is 15.2. The number of benzene rings is 1. The number of rotatable bonds is 4. The Balaban J connectivity index is 1.31. The quantitative estimate of drug-likeness (QED) is 0.607. The predicted molar refractivity (Wildman–Crippen MR) is 127 cm³/mol. The summed E-state index contributed by atoms with van der Waals surface area (Å²) in [4.78, 5) is 13.8. The molecule has 1 unspecified atom stereocenters.